The Bertz CT molecular complexity index is 521. The molecule has 1 N–H and O–H groups in total. The number of para-hydroxylation sites is 1. The molecule has 1 aliphatic carbocycles. The number of rotatable bonds is 5. The summed E-state index contributed by atoms with van der Waals surface area (Å²) in [6, 6.07) is 7.42. The summed E-state index contributed by atoms with van der Waals surface area (Å²) in [5.74, 6) is 0. The number of aliphatic hydroxyl groups excluding tert-OH is 1. The van der Waals surface area contributed by atoms with E-state index in [9.17, 15) is 13.5 Å². The van der Waals surface area contributed by atoms with E-state index in [1.54, 1.807) is 12.1 Å². The molecule has 0 saturated heterocycles. The van der Waals surface area contributed by atoms with E-state index in [4.69, 9.17) is 0 Å². The second kappa shape index (κ2) is 5.92. The highest BCUT2D eigenvalue weighted by Crippen LogP contribution is 2.32. The fraction of sp³-hybridized carbons (Fsp3) is 0.571. The van der Waals surface area contributed by atoms with Gasteiger partial charge in [-0.1, -0.05) is 25.0 Å². The van der Waals surface area contributed by atoms with Crippen molar-refractivity contribution in [2.75, 3.05) is 24.3 Å². The molecule has 1 saturated carbocycles. The van der Waals surface area contributed by atoms with Gasteiger partial charge in [-0.15, -0.1) is 0 Å². The molecule has 1 aliphatic rings. The fourth-order valence-electron chi connectivity index (χ4n) is 2.83. The largest absolute Gasteiger partial charge is 0.395 e. The Labute approximate surface area is 115 Å². The maximum atomic E-state index is 11.9. The van der Waals surface area contributed by atoms with Crippen LogP contribution < -0.4 is 4.90 Å². The summed E-state index contributed by atoms with van der Waals surface area (Å²) >= 11 is 0. The van der Waals surface area contributed by atoms with E-state index in [1.165, 1.54) is 19.1 Å². The summed E-state index contributed by atoms with van der Waals surface area (Å²) in [6.07, 6.45) is 5.72. The molecule has 0 spiro atoms. The Morgan fingerprint density at radius 3 is 2.47 bits per heavy atom. The molecule has 0 atom stereocenters. The van der Waals surface area contributed by atoms with Gasteiger partial charge in [0.25, 0.3) is 0 Å². The molecule has 106 valence electrons. The number of anilines is 1. The average molecular weight is 283 g/mol. The van der Waals surface area contributed by atoms with Crippen LogP contribution in [0.3, 0.4) is 0 Å². The van der Waals surface area contributed by atoms with E-state index in [-0.39, 0.29) is 6.61 Å². The zero-order valence-electron chi connectivity index (χ0n) is 11.2. The molecule has 0 radical (unpaired) electrons. The first-order valence-electron chi connectivity index (χ1n) is 6.70. The lowest BCUT2D eigenvalue weighted by molar-refractivity contribution is 0.297. The molecular formula is C14H21NO3S. The zero-order chi connectivity index (χ0) is 13.9. The van der Waals surface area contributed by atoms with Gasteiger partial charge in [0.2, 0.25) is 0 Å². The normalized spacial score (nSPS) is 16.7. The van der Waals surface area contributed by atoms with Gasteiger partial charge in [-0.2, -0.15) is 0 Å². The van der Waals surface area contributed by atoms with E-state index in [2.05, 4.69) is 4.90 Å². The molecule has 4 nitrogen and oxygen atoms in total. The Balaban J connectivity index is 2.41. The SMILES string of the molecule is CS(=O)(=O)c1ccccc1N(CCO)C1CCCC1. The molecule has 0 unspecified atom stereocenters. The van der Waals surface area contributed by atoms with Gasteiger partial charge >= 0.3 is 0 Å². The highest BCUT2D eigenvalue weighted by molar-refractivity contribution is 7.90. The van der Waals surface area contributed by atoms with Crippen molar-refractivity contribution in [1.82, 2.24) is 0 Å². The molecule has 0 amide bonds. The van der Waals surface area contributed by atoms with Crippen LogP contribution in [0.15, 0.2) is 29.2 Å². The number of aliphatic hydroxyl groups is 1. The lowest BCUT2D eigenvalue weighted by Gasteiger charge is -2.31. The Kier molecular flexibility index (Phi) is 4.47. The first-order chi connectivity index (χ1) is 9.04. The van der Waals surface area contributed by atoms with E-state index in [0.29, 0.717) is 17.5 Å². The molecule has 0 heterocycles. The molecule has 5 heteroatoms. The number of benzene rings is 1. The van der Waals surface area contributed by atoms with Crippen LogP contribution in [0.1, 0.15) is 25.7 Å². The average Bonchev–Trinajstić information content (AvgIpc) is 2.88. The third-order valence-electron chi connectivity index (χ3n) is 3.68. The topological polar surface area (TPSA) is 57.6 Å². The van der Waals surface area contributed by atoms with Crippen LogP contribution in [0.5, 0.6) is 0 Å². The van der Waals surface area contributed by atoms with E-state index >= 15 is 0 Å². The molecule has 1 fully saturated rings. The smallest absolute Gasteiger partial charge is 0.177 e. The highest BCUT2D eigenvalue weighted by Gasteiger charge is 2.26. The predicted molar refractivity (Wildman–Crippen MR) is 76.2 cm³/mol. The lowest BCUT2D eigenvalue weighted by atomic mass is 10.1. The monoisotopic (exact) mass is 283 g/mol. The zero-order valence-corrected chi connectivity index (χ0v) is 12.1. The summed E-state index contributed by atoms with van der Waals surface area (Å²) in [5, 5.41) is 9.26. The minimum atomic E-state index is -3.25. The van der Waals surface area contributed by atoms with Crippen molar-refractivity contribution >= 4 is 15.5 Å². The fourth-order valence-corrected chi connectivity index (χ4v) is 3.72. The summed E-state index contributed by atoms with van der Waals surface area (Å²) in [5.41, 5.74) is 0.728. The summed E-state index contributed by atoms with van der Waals surface area (Å²) in [7, 11) is -3.25. The third kappa shape index (κ3) is 3.28. The first-order valence-corrected chi connectivity index (χ1v) is 8.60. The second-order valence-corrected chi connectivity index (χ2v) is 7.08. The van der Waals surface area contributed by atoms with Crippen LogP contribution in [0, 0.1) is 0 Å². The van der Waals surface area contributed by atoms with Crippen LogP contribution >= 0.6 is 0 Å². The molecule has 0 bridgehead atoms. The third-order valence-corrected chi connectivity index (χ3v) is 4.82. The van der Waals surface area contributed by atoms with Crippen molar-refractivity contribution in [3.63, 3.8) is 0 Å². The quantitative estimate of drug-likeness (QED) is 0.895. The van der Waals surface area contributed by atoms with Crippen LogP contribution in [0.2, 0.25) is 0 Å². The molecule has 0 aliphatic heterocycles. The standard InChI is InChI=1S/C14H21NO3S/c1-19(17,18)14-9-5-4-8-13(14)15(10-11-16)12-6-2-3-7-12/h4-5,8-9,12,16H,2-3,6-7,10-11H2,1H3. The molecule has 2 rings (SSSR count). The van der Waals surface area contributed by atoms with E-state index in [1.807, 2.05) is 12.1 Å². The van der Waals surface area contributed by atoms with Crippen molar-refractivity contribution in [2.24, 2.45) is 0 Å². The van der Waals surface area contributed by atoms with Gasteiger partial charge in [0.05, 0.1) is 17.2 Å². The molecule has 0 aromatic heterocycles. The Hall–Kier alpha value is -1.07. The van der Waals surface area contributed by atoms with Crippen molar-refractivity contribution in [1.29, 1.82) is 0 Å². The van der Waals surface area contributed by atoms with Crippen LogP contribution in [0.4, 0.5) is 5.69 Å². The van der Waals surface area contributed by atoms with Gasteiger partial charge in [-0.3, -0.25) is 0 Å². The van der Waals surface area contributed by atoms with Gasteiger partial charge in [-0.05, 0) is 25.0 Å². The minimum Gasteiger partial charge on any atom is -0.395 e. The van der Waals surface area contributed by atoms with Crippen LogP contribution in [0.25, 0.3) is 0 Å². The lowest BCUT2D eigenvalue weighted by Crippen LogP contribution is -2.36. The van der Waals surface area contributed by atoms with Crippen molar-refractivity contribution in [3.05, 3.63) is 24.3 Å². The maximum absolute atomic E-state index is 11.9. The molecule has 1 aromatic carbocycles. The van der Waals surface area contributed by atoms with Crippen molar-refractivity contribution in [2.45, 2.75) is 36.6 Å². The molecular weight excluding hydrogens is 262 g/mol. The summed E-state index contributed by atoms with van der Waals surface area (Å²) in [6.45, 7) is 0.520. The van der Waals surface area contributed by atoms with Crippen molar-refractivity contribution < 1.29 is 13.5 Å². The van der Waals surface area contributed by atoms with Crippen molar-refractivity contribution in [3.8, 4) is 0 Å². The van der Waals surface area contributed by atoms with Gasteiger partial charge in [0.1, 0.15) is 0 Å². The van der Waals surface area contributed by atoms with Gasteiger partial charge < -0.3 is 10.0 Å². The highest BCUT2D eigenvalue weighted by atomic mass is 32.2. The number of sulfone groups is 1. The van der Waals surface area contributed by atoms with Gasteiger partial charge in [-0.25, -0.2) is 8.42 Å². The number of hydrogen-bond donors (Lipinski definition) is 1. The second-order valence-electron chi connectivity index (χ2n) is 5.10. The van der Waals surface area contributed by atoms with E-state index < -0.39 is 9.84 Å². The van der Waals surface area contributed by atoms with Crippen LogP contribution in [-0.2, 0) is 9.84 Å². The van der Waals surface area contributed by atoms with Gasteiger partial charge in [0.15, 0.2) is 9.84 Å². The minimum absolute atomic E-state index is 0.0363. The first kappa shape index (κ1) is 14.3. The summed E-state index contributed by atoms with van der Waals surface area (Å²) in [4.78, 5) is 2.42. The predicted octanol–water partition coefficient (Wildman–Crippen LogP) is 1.83. The molecule has 1 aromatic rings. The Morgan fingerprint density at radius 2 is 1.89 bits per heavy atom. The van der Waals surface area contributed by atoms with E-state index in [0.717, 1.165) is 18.5 Å². The number of nitrogens with zero attached hydrogens (tertiary/aromatic N) is 1. The summed E-state index contributed by atoms with van der Waals surface area (Å²) < 4.78 is 23.8. The Morgan fingerprint density at radius 1 is 1.26 bits per heavy atom. The van der Waals surface area contributed by atoms with Gasteiger partial charge in [0, 0.05) is 18.8 Å². The number of hydrogen-bond acceptors (Lipinski definition) is 4. The molecule has 19 heavy (non-hydrogen) atoms. The maximum Gasteiger partial charge on any atom is 0.177 e. The van der Waals surface area contributed by atoms with Crippen LogP contribution in [-0.4, -0.2) is 39.0 Å².